The number of anilines is 1. The zero-order valence-corrected chi connectivity index (χ0v) is 15.0. The zero-order chi connectivity index (χ0) is 17.9. The molecule has 5 nitrogen and oxygen atoms in total. The third kappa shape index (κ3) is 4.38. The van der Waals surface area contributed by atoms with Crippen molar-refractivity contribution in [2.45, 2.75) is 20.0 Å². The highest BCUT2D eigenvalue weighted by Crippen LogP contribution is 2.31. The van der Waals surface area contributed by atoms with Crippen LogP contribution in [0.25, 0.3) is 0 Å². The van der Waals surface area contributed by atoms with Crippen molar-refractivity contribution in [2.24, 2.45) is 0 Å². The summed E-state index contributed by atoms with van der Waals surface area (Å²) >= 11 is 17.5. The molecular weight excluding hydrogens is 375 g/mol. The standard InChI is InChI=1S/C16H13Cl3N2O3/c1-8-3-5-10(6-4-8)21-15(22)9(2)24-16(23)14-13(19)12(18)11(17)7-20-14/h3-7,9H,1-2H3,(H,21,22). The van der Waals surface area contributed by atoms with Gasteiger partial charge in [-0.1, -0.05) is 52.5 Å². The molecular formula is C16H13Cl3N2O3. The number of nitrogens with one attached hydrogen (secondary N) is 1. The summed E-state index contributed by atoms with van der Waals surface area (Å²) in [4.78, 5) is 28.0. The number of benzene rings is 1. The molecule has 24 heavy (non-hydrogen) atoms. The second-order valence-corrected chi connectivity index (χ2v) is 6.15. The van der Waals surface area contributed by atoms with Crippen molar-refractivity contribution < 1.29 is 14.3 Å². The fraction of sp³-hybridized carbons (Fsp3) is 0.188. The molecule has 0 radical (unpaired) electrons. The number of amides is 1. The highest BCUT2D eigenvalue weighted by molar-refractivity contribution is 6.48. The first-order valence-electron chi connectivity index (χ1n) is 6.87. The smallest absolute Gasteiger partial charge is 0.359 e. The second-order valence-electron chi connectivity index (χ2n) is 4.99. The molecule has 2 aromatic rings. The number of hydrogen-bond acceptors (Lipinski definition) is 4. The van der Waals surface area contributed by atoms with Crippen LogP contribution < -0.4 is 5.32 Å². The van der Waals surface area contributed by atoms with E-state index in [9.17, 15) is 9.59 Å². The van der Waals surface area contributed by atoms with Crippen molar-refractivity contribution in [3.8, 4) is 0 Å². The molecule has 1 N–H and O–H groups in total. The molecule has 0 aliphatic heterocycles. The fourth-order valence-electron chi connectivity index (χ4n) is 1.74. The van der Waals surface area contributed by atoms with Gasteiger partial charge in [0, 0.05) is 11.9 Å². The van der Waals surface area contributed by atoms with Gasteiger partial charge in [0.05, 0.1) is 15.1 Å². The summed E-state index contributed by atoms with van der Waals surface area (Å²) in [6.45, 7) is 3.37. The largest absolute Gasteiger partial charge is 0.448 e. The summed E-state index contributed by atoms with van der Waals surface area (Å²) in [5, 5.41) is 2.63. The number of rotatable bonds is 4. The Bertz CT molecular complexity index is 779. The average molecular weight is 388 g/mol. The lowest BCUT2D eigenvalue weighted by molar-refractivity contribution is -0.123. The van der Waals surface area contributed by atoms with Crippen LogP contribution in [0, 0.1) is 6.92 Å². The molecule has 0 saturated carbocycles. The van der Waals surface area contributed by atoms with Crippen molar-refractivity contribution in [1.82, 2.24) is 4.98 Å². The van der Waals surface area contributed by atoms with Crippen molar-refractivity contribution >= 4 is 52.4 Å². The van der Waals surface area contributed by atoms with Gasteiger partial charge < -0.3 is 10.1 Å². The normalized spacial score (nSPS) is 11.7. The molecule has 1 unspecified atom stereocenters. The van der Waals surface area contributed by atoms with E-state index in [0.717, 1.165) is 5.56 Å². The Balaban J connectivity index is 2.04. The number of aromatic nitrogens is 1. The minimum absolute atomic E-state index is 0.00274. The lowest BCUT2D eigenvalue weighted by Crippen LogP contribution is -2.30. The summed E-state index contributed by atoms with van der Waals surface area (Å²) < 4.78 is 5.07. The minimum Gasteiger partial charge on any atom is -0.448 e. The number of nitrogens with zero attached hydrogens (tertiary/aromatic N) is 1. The second kappa shape index (κ2) is 7.83. The molecule has 1 heterocycles. The third-order valence-electron chi connectivity index (χ3n) is 3.08. The SMILES string of the molecule is Cc1ccc(NC(=O)C(C)OC(=O)c2ncc(Cl)c(Cl)c2Cl)cc1. The summed E-state index contributed by atoms with van der Waals surface area (Å²) in [5.41, 5.74) is 1.45. The summed E-state index contributed by atoms with van der Waals surface area (Å²) in [6.07, 6.45) is 0.134. The number of hydrogen-bond donors (Lipinski definition) is 1. The van der Waals surface area contributed by atoms with Crippen LogP contribution in [0.3, 0.4) is 0 Å². The summed E-state index contributed by atoms with van der Waals surface area (Å²) in [6, 6.07) is 7.20. The topological polar surface area (TPSA) is 68.3 Å². The maximum atomic E-state index is 12.1. The van der Waals surface area contributed by atoms with Gasteiger partial charge in [0.15, 0.2) is 11.8 Å². The Morgan fingerprint density at radius 2 is 1.75 bits per heavy atom. The van der Waals surface area contributed by atoms with E-state index in [4.69, 9.17) is 39.5 Å². The molecule has 2 rings (SSSR count). The molecule has 0 aliphatic carbocycles. The van der Waals surface area contributed by atoms with E-state index in [0.29, 0.717) is 5.69 Å². The average Bonchev–Trinajstić information content (AvgIpc) is 2.54. The first kappa shape index (κ1) is 18.5. The number of carbonyl (C=O) groups excluding carboxylic acids is 2. The van der Waals surface area contributed by atoms with Crippen LogP contribution in [0.15, 0.2) is 30.5 Å². The van der Waals surface area contributed by atoms with E-state index in [1.165, 1.54) is 13.1 Å². The number of halogens is 3. The van der Waals surface area contributed by atoms with E-state index < -0.39 is 18.0 Å². The van der Waals surface area contributed by atoms with Crippen LogP contribution in [-0.2, 0) is 9.53 Å². The summed E-state index contributed by atoms with van der Waals surface area (Å²) in [5.74, 6) is -1.35. The van der Waals surface area contributed by atoms with E-state index in [2.05, 4.69) is 10.3 Å². The number of pyridine rings is 1. The fourth-order valence-corrected chi connectivity index (χ4v) is 2.29. The Hall–Kier alpha value is -1.82. The van der Waals surface area contributed by atoms with Gasteiger partial charge in [-0.15, -0.1) is 0 Å². The molecule has 0 aliphatic rings. The quantitative estimate of drug-likeness (QED) is 0.782. The highest BCUT2D eigenvalue weighted by Gasteiger charge is 2.23. The number of carbonyl (C=O) groups is 2. The van der Waals surface area contributed by atoms with Crippen LogP contribution in [0.4, 0.5) is 5.69 Å². The summed E-state index contributed by atoms with van der Waals surface area (Å²) in [7, 11) is 0. The van der Waals surface area contributed by atoms with Crippen molar-refractivity contribution in [3.05, 3.63) is 56.8 Å². The van der Waals surface area contributed by atoms with Crippen LogP contribution in [-0.4, -0.2) is 23.0 Å². The predicted octanol–water partition coefficient (Wildman–Crippen LogP) is 4.53. The molecule has 0 fully saturated rings. The molecule has 1 aromatic carbocycles. The Morgan fingerprint density at radius 1 is 1.12 bits per heavy atom. The van der Waals surface area contributed by atoms with E-state index in [1.807, 2.05) is 19.1 Å². The van der Waals surface area contributed by atoms with Gasteiger partial charge in [-0.2, -0.15) is 0 Å². The van der Waals surface area contributed by atoms with Gasteiger partial charge in [-0.3, -0.25) is 4.79 Å². The first-order chi connectivity index (χ1) is 11.3. The molecule has 0 spiro atoms. The monoisotopic (exact) mass is 386 g/mol. The predicted molar refractivity (Wildman–Crippen MR) is 94.0 cm³/mol. The Kier molecular flexibility index (Phi) is 6.04. The zero-order valence-electron chi connectivity index (χ0n) is 12.8. The molecule has 1 amide bonds. The number of ether oxygens (including phenoxy) is 1. The molecule has 1 atom stereocenters. The van der Waals surface area contributed by atoms with Gasteiger partial charge in [0.1, 0.15) is 0 Å². The molecule has 0 bridgehead atoms. The highest BCUT2D eigenvalue weighted by atomic mass is 35.5. The number of aryl methyl sites for hydroxylation is 1. The van der Waals surface area contributed by atoms with Crippen molar-refractivity contribution in [2.75, 3.05) is 5.32 Å². The lowest BCUT2D eigenvalue weighted by atomic mass is 10.2. The van der Waals surface area contributed by atoms with Crippen LogP contribution in [0.1, 0.15) is 23.0 Å². The maximum Gasteiger partial charge on any atom is 0.359 e. The molecule has 8 heteroatoms. The van der Waals surface area contributed by atoms with E-state index in [-0.39, 0.29) is 20.8 Å². The first-order valence-corrected chi connectivity index (χ1v) is 8.01. The van der Waals surface area contributed by atoms with E-state index in [1.54, 1.807) is 12.1 Å². The maximum absolute atomic E-state index is 12.1. The molecule has 1 aromatic heterocycles. The number of esters is 1. The lowest BCUT2D eigenvalue weighted by Gasteiger charge is -2.14. The van der Waals surface area contributed by atoms with Gasteiger partial charge in [0.25, 0.3) is 5.91 Å². The Labute approximate surface area is 153 Å². The van der Waals surface area contributed by atoms with Crippen LogP contribution >= 0.6 is 34.8 Å². The minimum atomic E-state index is -1.05. The van der Waals surface area contributed by atoms with Gasteiger partial charge in [0.2, 0.25) is 0 Å². The van der Waals surface area contributed by atoms with Gasteiger partial charge >= 0.3 is 5.97 Å². The third-order valence-corrected chi connectivity index (χ3v) is 4.32. The van der Waals surface area contributed by atoms with Crippen LogP contribution in [0.2, 0.25) is 15.1 Å². The Morgan fingerprint density at radius 3 is 2.38 bits per heavy atom. The van der Waals surface area contributed by atoms with Crippen molar-refractivity contribution in [1.29, 1.82) is 0 Å². The molecule has 0 saturated heterocycles. The van der Waals surface area contributed by atoms with Crippen LogP contribution in [0.5, 0.6) is 0 Å². The molecule has 126 valence electrons. The van der Waals surface area contributed by atoms with E-state index >= 15 is 0 Å². The van der Waals surface area contributed by atoms with Gasteiger partial charge in [-0.05, 0) is 26.0 Å². The van der Waals surface area contributed by atoms with Crippen molar-refractivity contribution in [3.63, 3.8) is 0 Å². The van der Waals surface area contributed by atoms with Gasteiger partial charge in [-0.25, -0.2) is 9.78 Å².